The molecule has 1 fully saturated rings. The van der Waals surface area contributed by atoms with Gasteiger partial charge >= 0.3 is 5.97 Å². The molecule has 114 valence electrons. The van der Waals surface area contributed by atoms with Gasteiger partial charge in [-0.1, -0.05) is 18.6 Å². The topological polar surface area (TPSA) is 46.5 Å². The van der Waals surface area contributed by atoms with Crippen LogP contribution >= 0.6 is 0 Å². The first kappa shape index (κ1) is 15.6. The standard InChI is InChI=1S/C17H28O3/c1-11-7-6-9-17(5)10-8-13(16(3,4)19)15(14(11)17)20-12(2)18/h7,13-15,19H,6,8-10H2,1-5H3/t13-,14+,15+,17-/m1/s1. The van der Waals surface area contributed by atoms with Gasteiger partial charge in [0.05, 0.1) is 5.60 Å². The number of carbonyl (C=O) groups excluding carboxylic acids is 1. The van der Waals surface area contributed by atoms with Crippen molar-refractivity contribution < 1.29 is 14.6 Å². The van der Waals surface area contributed by atoms with E-state index in [0.717, 1.165) is 25.7 Å². The first-order chi connectivity index (χ1) is 9.15. The first-order valence-corrected chi connectivity index (χ1v) is 7.71. The van der Waals surface area contributed by atoms with Crippen LogP contribution in [0, 0.1) is 17.3 Å². The minimum absolute atomic E-state index is 0.00549. The maximum atomic E-state index is 11.5. The fourth-order valence-corrected chi connectivity index (χ4v) is 4.38. The zero-order valence-corrected chi connectivity index (χ0v) is 13.4. The van der Waals surface area contributed by atoms with Crippen LogP contribution in [0.15, 0.2) is 11.6 Å². The van der Waals surface area contributed by atoms with Crippen LogP contribution < -0.4 is 0 Å². The van der Waals surface area contributed by atoms with Crippen LogP contribution in [0.5, 0.6) is 0 Å². The molecule has 4 atom stereocenters. The zero-order chi connectivity index (χ0) is 15.1. The Morgan fingerprint density at radius 2 is 2.10 bits per heavy atom. The van der Waals surface area contributed by atoms with E-state index in [1.807, 2.05) is 13.8 Å². The largest absolute Gasteiger partial charge is 0.461 e. The summed E-state index contributed by atoms with van der Waals surface area (Å²) in [4.78, 5) is 11.5. The molecule has 0 amide bonds. The number of aliphatic hydroxyl groups is 1. The van der Waals surface area contributed by atoms with Gasteiger partial charge in [-0.25, -0.2) is 0 Å². The van der Waals surface area contributed by atoms with Gasteiger partial charge in [0.15, 0.2) is 0 Å². The van der Waals surface area contributed by atoms with Gasteiger partial charge in [-0.2, -0.15) is 0 Å². The monoisotopic (exact) mass is 280 g/mol. The van der Waals surface area contributed by atoms with E-state index in [2.05, 4.69) is 19.9 Å². The van der Waals surface area contributed by atoms with Crippen molar-refractivity contribution in [2.24, 2.45) is 17.3 Å². The summed E-state index contributed by atoms with van der Waals surface area (Å²) in [5.74, 6) is 0.00289. The van der Waals surface area contributed by atoms with Gasteiger partial charge in [0, 0.05) is 18.8 Å². The molecule has 0 aromatic carbocycles. The third kappa shape index (κ3) is 2.78. The molecule has 0 spiro atoms. The zero-order valence-electron chi connectivity index (χ0n) is 13.4. The molecule has 0 aromatic heterocycles. The molecule has 0 heterocycles. The highest BCUT2D eigenvalue weighted by atomic mass is 16.5. The minimum atomic E-state index is -0.820. The van der Waals surface area contributed by atoms with E-state index in [9.17, 15) is 9.90 Å². The SMILES string of the molecule is CC(=O)O[C@H]1[C@H](C(C)(C)O)CC[C@@]2(C)CCC=C(C)[C@@H]12. The Morgan fingerprint density at radius 1 is 1.45 bits per heavy atom. The number of esters is 1. The maximum absolute atomic E-state index is 11.5. The Hall–Kier alpha value is -0.830. The lowest BCUT2D eigenvalue weighted by molar-refractivity contribution is -0.173. The van der Waals surface area contributed by atoms with E-state index in [1.54, 1.807) is 0 Å². The summed E-state index contributed by atoms with van der Waals surface area (Å²) in [7, 11) is 0. The summed E-state index contributed by atoms with van der Waals surface area (Å²) in [5.41, 5.74) is 0.693. The number of allylic oxidation sites excluding steroid dienone is 1. The molecule has 0 radical (unpaired) electrons. The molecule has 0 saturated heterocycles. The van der Waals surface area contributed by atoms with Crippen molar-refractivity contribution in [2.45, 2.75) is 72.0 Å². The Balaban J connectivity index is 2.39. The number of hydrogen-bond donors (Lipinski definition) is 1. The van der Waals surface area contributed by atoms with E-state index in [-0.39, 0.29) is 29.3 Å². The van der Waals surface area contributed by atoms with Gasteiger partial charge in [-0.15, -0.1) is 0 Å². The molecule has 3 nitrogen and oxygen atoms in total. The van der Waals surface area contributed by atoms with Gasteiger partial charge in [0.1, 0.15) is 6.10 Å². The predicted molar refractivity (Wildman–Crippen MR) is 79.2 cm³/mol. The normalized spacial score (nSPS) is 37.9. The molecular formula is C17H28O3. The third-order valence-corrected chi connectivity index (χ3v) is 5.38. The lowest BCUT2D eigenvalue weighted by Gasteiger charge is -2.53. The number of hydrogen-bond acceptors (Lipinski definition) is 3. The van der Waals surface area contributed by atoms with Gasteiger partial charge in [0.2, 0.25) is 0 Å². The molecular weight excluding hydrogens is 252 g/mol. The van der Waals surface area contributed by atoms with Crippen molar-refractivity contribution in [3.05, 3.63) is 11.6 Å². The third-order valence-electron chi connectivity index (χ3n) is 5.38. The lowest BCUT2D eigenvalue weighted by Crippen LogP contribution is -2.54. The Bertz CT molecular complexity index is 418. The molecule has 2 aliphatic rings. The highest BCUT2D eigenvalue weighted by molar-refractivity contribution is 5.66. The molecule has 0 aliphatic heterocycles. The van der Waals surface area contributed by atoms with Crippen molar-refractivity contribution in [3.63, 3.8) is 0 Å². The van der Waals surface area contributed by atoms with Crippen molar-refractivity contribution in [1.29, 1.82) is 0 Å². The first-order valence-electron chi connectivity index (χ1n) is 7.71. The Labute approximate surface area is 122 Å². The summed E-state index contributed by atoms with van der Waals surface area (Å²) >= 11 is 0. The summed E-state index contributed by atoms with van der Waals surface area (Å²) in [6.45, 7) is 9.59. The van der Waals surface area contributed by atoms with Crippen LogP contribution in [0.25, 0.3) is 0 Å². The summed E-state index contributed by atoms with van der Waals surface area (Å²) in [6.07, 6.45) is 6.33. The van der Waals surface area contributed by atoms with E-state index in [0.29, 0.717) is 0 Å². The predicted octanol–water partition coefficient (Wildman–Crippen LogP) is 3.46. The van der Waals surface area contributed by atoms with Crippen LogP contribution in [0.2, 0.25) is 0 Å². The second kappa shape index (κ2) is 5.18. The van der Waals surface area contributed by atoms with Gasteiger partial charge in [0.25, 0.3) is 0 Å². The fraction of sp³-hybridized carbons (Fsp3) is 0.824. The van der Waals surface area contributed by atoms with E-state index >= 15 is 0 Å². The van der Waals surface area contributed by atoms with Crippen LogP contribution in [-0.4, -0.2) is 22.8 Å². The Kier molecular flexibility index (Phi) is 4.03. The fourth-order valence-electron chi connectivity index (χ4n) is 4.38. The second-order valence-electron chi connectivity index (χ2n) is 7.49. The summed E-state index contributed by atoms with van der Waals surface area (Å²) in [6, 6.07) is 0. The second-order valence-corrected chi connectivity index (χ2v) is 7.49. The van der Waals surface area contributed by atoms with E-state index in [1.165, 1.54) is 12.5 Å². The smallest absolute Gasteiger partial charge is 0.302 e. The van der Waals surface area contributed by atoms with E-state index in [4.69, 9.17) is 4.74 Å². The van der Waals surface area contributed by atoms with E-state index < -0.39 is 5.60 Å². The lowest BCUT2D eigenvalue weighted by atomic mass is 9.55. The highest BCUT2D eigenvalue weighted by Gasteiger charge is 2.52. The minimum Gasteiger partial charge on any atom is -0.461 e. The number of rotatable bonds is 2. The van der Waals surface area contributed by atoms with Crippen LogP contribution in [0.1, 0.15) is 60.3 Å². The Morgan fingerprint density at radius 3 is 2.65 bits per heavy atom. The molecule has 0 unspecified atom stereocenters. The maximum Gasteiger partial charge on any atom is 0.302 e. The molecule has 2 rings (SSSR count). The van der Waals surface area contributed by atoms with Crippen LogP contribution in [0.3, 0.4) is 0 Å². The molecule has 1 N–H and O–H groups in total. The molecule has 0 bridgehead atoms. The number of ether oxygens (including phenoxy) is 1. The van der Waals surface area contributed by atoms with Crippen molar-refractivity contribution in [2.75, 3.05) is 0 Å². The average Bonchev–Trinajstić information content (AvgIpc) is 2.25. The molecule has 1 saturated carbocycles. The average molecular weight is 280 g/mol. The van der Waals surface area contributed by atoms with Crippen molar-refractivity contribution in [3.8, 4) is 0 Å². The van der Waals surface area contributed by atoms with Crippen LogP contribution in [0.4, 0.5) is 0 Å². The molecule has 2 aliphatic carbocycles. The quantitative estimate of drug-likeness (QED) is 0.622. The number of fused-ring (bicyclic) bond motifs is 1. The number of carbonyl (C=O) groups is 1. The molecule has 3 heteroatoms. The highest BCUT2D eigenvalue weighted by Crippen LogP contribution is 2.54. The molecule has 0 aromatic rings. The van der Waals surface area contributed by atoms with Gasteiger partial charge in [-0.05, 0) is 51.9 Å². The van der Waals surface area contributed by atoms with Gasteiger partial charge in [-0.3, -0.25) is 4.79 Å². The van der Waals surface area contributed by atoms with Crippen LogP contribution in [-0.2, 0) is 9.53 Å². The summed E-state index contributed by atoms with van der Waals surface area (Å²) in [5, 5.41) is 10.5. The van der Waals surface area contributed by atoms with Crippen molar-refractivity contribution in [1.82, 2.24) is 0 Å². The molecule has 20 heavy (non-hydrogen) atoms. The van der Waals surface area contributed by atoms with Gasteiger partial charge < -0.3 is 9.84 Å². The summed E-state index contributed by atoms with van der Waals surface area (Å²) < 4.78 is 5.70. The van der Waals surface area contributed by atoms with Crippen molar-refractivity contribution >= 4 is 5.97 Å².